The standard InChI is InChI=1S/C12H25NO2/c1-3-12(9-14)13-10(2)8-11-4-6-15-7-5-11/h10-14H,3-9H2,1-2H3. The van der Waals surface area contributed by atoms with Crippen molar-refractivity contribution in [1.82, 2.24) is 5.32 Å². The van der Waals surface area contributed by atoms with Gasteiger partial charge in [0.2, 0.25) is 0 Å². The Balaban J connectivity index is 2.18. The van der Waals surface area contributed by atoms with E-state index in [9.17, 15) is 0 Å². The molecular weight excluding hydrogens is 190 g/mol. The lowest BCUT2D eigenvalue weighted by molar-refractivity contribution is 0.0602. The fraction of sp³-hybridized carbons (Fsp3) is 1.00. The van der Waals surface area contributed by atoms with Crippen molar-refractivity contribution in [3.8, 4) is 0 Å². The molecule has 3 heteroatoms. The highest BCUT2D eigenvalue weighted by Gasteiger charge is 2.18. The highest BCUT2D eigenvalue weighted by atomic mass is 16.5. The van der Waals surface area contributed by atoms with E-state index < -0.39 is 0 Å². The largest absolute Gasteiger partial charge is 0.395 e. The van der Waals surface area contributed by atoms with E-state index in [0.29, 0.717) is 6.04 Å². The van der Waals surface area contributed by atoms with E-state index in [1.54, 1.807) is 0 Å². The van der Waals surface area contributed by atoms with E-state index in [1.165, 1.54) is 19.3 Å². The Morgan fingerprint density at radius 3 is 2.60 bits per heavy atom. The average Bonchev–Trinajstić information content (AvgIpc) is 2.27. The summed E-state index contributed by atoms with van der Waals surface area (Å²) in [4.78, 5) is 0. The SMILES string of the molecule is CCC(CO)NC(C)CC1CCOCC1. The summed E-state index contributed by atoms with van der Waals surface area (Å²) in [5.41, 5.74) is 0. The van der Waals surface area contributed by atoms with Gasteiger partial charge in [0.25, 0.3) is 0 Å². The lowest BCUT2D eigenvalue weighted by Crippen LogP contribution is -2.40. The summed E-state index contributed by atoms with van der Waals surface area (Å²) >= 11 is 0. The monoisotopic (exact) mass is 215 g/mol. The maximum Gasteiger partial charge on any atom is 0.0584 e. The molecule has 0 aromatic rings. The van der Waals surface area contributed by atoms with Crippen molar-refractivity contribution < 1.29 is 9.84 Å². The second-order valence-corrected chi connectivity index (χ2v) is 4.65. The van der Waals surface area contributed by atoms with Crippen LogP contribution in [-0.2, 0) is 4.74 Å². The molecule has 0 radical (unpaired) electrons. The Morgan fingerprint density at radius 1 is 1.40 bits per heavy atom. The lowest BCUT2D eigenvalue weighted by atomic mass is 9.93. The minimum Gasteiger partial charge on any atom is -0.395 e. The van der Waals surface area contributed by atoms with Crippen molar-refractivity contribution >= 4 is 0 Å². The number of aliphatic hydroxyl groups excluding tert-OH is 1. The molecular formula is C12H25NO2. The van der Waals surface area contributed by atoms with Crippen LogP contribution in [0.2, 0.25) is 0 Å². The van der Waals surface area contributed by atoms with Crippen LogP contribution in [0.3, 0.4) is 0 Å². The van der Waals surface area contributed by atoms with Crippen LogP contribution < -0.4 is 5.32 Å². The summed E-state index contributed by atoms with van der Waals surface area (Å²) in [6, 6.07) is 0.769. The number of ether oxygens (including phenoxy) is 1. The van der Waals surface area contributed by atoms with Crippen molar-refractivity contribution in [2.24, 2.45) is 5.92 Å². The summed E-state index contributed by atoms with van der Waals surface area (Å²) in [6.07, 6.45) is 4.60. The summed E-state index contributed by atoms with van der Waals surface area (Å²) in [5, 5.41) is 12.6. The van der Waals surface area contributed by atoms with Crippen LogP contribution in [0.4, 0.5) is 0 Å². The molecule has 0 aromatic carbocycles. The molecule has 0 amide bonds. The molecule has 1 saturated heterocycles. The topological polar surface area (TPSA) is 41.5 Å². The van der Waals surface area contributed by atoms with Crippen molar-refractivity contribution in [2.45, 2.75) is 51.6 Å². The van der Waals surface area contributed by atoms with Gasteiger partial charge >= 0.3 is 0 Å². The molecule has 1 fully saturated rings. The smallest absolute Gasteiger partial charge is 0.0584 e. The van der Waals surface area contributed by atoms with Crippen LogP contribution in [0.1, 0.15) is 39.5 Å². The third-order valence-electron chi connectivity index (χ3n) is 3.26. The summed E-state index contributed by atoms with van der Waals surface area (Å²) in [6.45, 7) is 6.42. The van der Waals surface area contributed by atoms with E-state index in [-0.39, 0.29) is 12.6 Å². The molecule has 1 aliphatic heterocycles. The van der Waals surface area contributed by atoms with Crippen LogP contribution in [0.5, 0.6) is 0 Å². The summed E-state index contributed by atoms with van der Waals surface area (Å²) < 4.78 is 5.34. The van der Waals surface area contributed by atoms with Crippen LogP contribution in [0.15, 0.2) is 0 Å². The van der Waals surface area contributed by atoms with Gasteiger partial charge in [-0.05, 0) is 38.5 Å². The third-order valence-corrected chi connectivity index (χ3v) is 3.26. The van der Waals surface area contributed by atoms with E-state index in [4.69, 9.17) is 9.84 Å². The first-order chi connectivity index (χ1) is 7.26. The predicted octanol–water partition coefficient (Wildman–Crippen LogP) is 1.55. The zero-order chi connectivity index (χ0) is 11.1. The quantitative estimate of drug-likeness (QED) is 0.706. The second kappa shape index (κ2) is 7.20. The molecule has 0 saturated carbocycles. The van der Waals surface area contributed by atoms with Crippen molar-refractivity contribution in [1.29, 1.82) is 0 Å². The maximum atomic E-state index is 9.10. The second-order valence-electron chi connectivity index (χ2n) is 4.65. The Kier molecular flexibility index (Phi) is 6.22. The molecule has 2 N–H and O–H groups in total. The van der Waals surface area contributed by atoms with Gasteiger partial charge in [-0.1, -0.05) is 6.92 Å². The molecule has 0 bridgehead atoms. The number of hydrogen-bond acceptors (Lipinski definition) is 3. The van der Waals surface area contributed by atoms with Gasteiger partial charge in [0.1, 0.15) is 0 Å². The van der Waals surface area contributed by atoms with Crippen LogP contribution in [0.25, 0.3) is 0 Å². The minimum absolute atomic E-state index is 0.245. The van der Waals surface area contributed by atoms with Gasteiger partial charge < -0.3 is 15.2 Å². The van der Waals surface area contributed by atoms with Gasteiger partial charge in [-0.3, -0.25) is 0 Å². The maximum absolute atomic E-state index is 9.10. The van der Waals surface area contributed by atoms with Gasteiger partial charge in [-0.15, -0.1) is 0 Å². The summed E-state index contributed by atoms with van der Waals surface area (Å²) in [5.74, 6) is 0.803. The predicted molar refractivity (Wildman–Crippen MR) is 61.9 cm³/mol. The minimum atomic E-state index is 0.245. The number of nitrogens with one attached hydrogen (secondary N) is 1. The zero-order valence-corrected chi connectivity index (χ0v) is 10.0. The highest BCUT2D eigenvalue weighted by Crippen LogP contribution is 2.20. The summed E-state index contributed by atoms with van der Waals surface area (Å²) in [7, 11) is 0. The van der Waals surface area contributed by atoms with E-state index in [0.717, 1.165) is 25.6 Å². The molecule has 3 nitrogen and oxygen atoms in total. The lowest BCUT2D eigenvalue weighted by Gasteiger charge is -2.27. The molecule has 0 spiro atoms. The molecule has 2 atom stereocenters. The van der Waals surface area contributed by atoms with E-state index in [1.807, 2.05) is 0 Å². The fourth-order valence-electron chi connectivity index (χ4n) is 2.25. The van der Waals surface area contributed by atoms with Crippen LogP contribution in [-0.4, -0.2) is 37.0 Å². The molecule has 0 aromatic heterocycles. The van der Waals surface area contributed by atoms with Gasteiger partial charge in [-0.25, -0.2) is 0 Å². The Morgan fingerprint density at radius 2 is 2.07 bits per heavy atom. The van der Waals surface area contributed by atoms with E-state index in [2.05, 4.69) is 19.2 Å². The first kappa shape index (κ1) is 12.9. The van der Waals surface area contributed by atoms with Crippen molar-refractivity contribution in [2.75, 3.05) is 19.8 Å². The molecule has 90 valence electrons. The molecule has 1 rings (SSSR count). The number of aliphatic hydroxyl groups is 1. The Hall–Kier alpha value is -0.120. The number of hydrogen-bond donors (Lipinski definition) is 2. The van der Waals surface area contributed by atoms with Crippen molar-refractivity contribution in [3.63, 3.8) is 0 Å². The number of rotatable bonds is 6. The van der Waals surface area contributed by atoms with Gasteiger partial charge in [0, 0.05) is 25.3 Å². The van der Waals surface area contributed by atoms with Crippen LogP contribution in [0, 0.1) is 5.92 Å². The fourth-order valence-corrected chi connectivity index (χ4v) is 2.25. The molecule has 15 heavy (non-hydrogen) atoms. The third kappa shape index (κ3) is 4.96. The molecule has 1 aliphatic rings. The Bertz CT molecular complexity index is 154. The van der Waals surface area contributed by atoms with Crippen molar-refractivity contribution in [3.05, 3.63) is 0 Å². The zero-order valence-electron chi connectivity index (χ0n) is 10.0. The average molecular weight is 215 g/mol. The molecule has 2 unspecified atom stereocenters. The first-order valence-electron chi connectivity index (χ1n) is 6.20. The normalized spacial score (nSPS) is 22.6. The highest BCUT2D eigenvalue weighted by molar-refractivity contribution is 4.74. The molecule has 0 aliphatic carbocycles. The van der Waals surface area contributed by atoms with Crippen LogP contribution >= 0.6 is 0 Å². The first-order valence-corrected chi connectivity index (χ1v) is 6.20. The van der Waals surface area contributed by atoms with E-state index >= 15 is 0 Å². The van der Waals surface area contributed by atoms with Gasteiger partial charge in [-0.2, -0.15) is 0 Å². The Labute approximate surface area is 93.2 Å². The van der Waals surface area contributed by atoms with Gasteiger partial charge in [0.15, 0.2) is 0 Å². The van der Waals surface area contributed by atoms with Gasteiger partial charge in [0.05, 0.1) is 6.61 Å². The molecule has 1 heterocycles.